The largest absolute Gasteiger partial charge is 0.481 e. The van der Waals surface area contributed by atoms with Crippen molar-refractivity contribution in [3.05, 3.63) is 0 Å². The van der Waals surface area contributed by atoms with E-state index in [1.165, 1.54) is 0 Å². The highest BCUT2D eigenvalue weighted by Crippen LogP contribution is 2.45. The van der Waals surface area contributed by atoms with Gasteiger partial charge in [-0.3, -0.25) is 9.59 Å². The van der Waals surface area contributed by atoms with Crippen LogP contribution < -0.4 is 5.32 Å². The van der Waals surface area contributed by atoms with Crippen molar-refractivity contribution in [3.63, 3.8) is 0 Å². The maximum Gasteiger partial charge on any atom is 0.406 e. The predicted octanol–water partition coefficient (Wildman–Crippen LogP) is 0.852. The van der Waals surface area contributed by atoms with Gasteiger partial charge < -0.3 is 15.3 Å². The molecule has 0 spiro atoms. The zero-order chi connectivity index (χ0) is 14.7. The van der Waals surface area contributed by atoms with Gasteiger partial charge in [0, 0.05) is 26.1 Å². The Balaban J connectivity index is 2.70. The van der Waals surface area contributed by atoms with Gasteiger partial charge >= 0.3 is 12.1 Å². The van der Waals surface area contributed by atoms with E-state index in [2.05, 4.69) is 5.32 Å². The summed E-state index contributed by atoms with van der Waals surface area (Å²) in [6.07, 6.45) is -5.37. The van der Waals surface area contributed by atoms with Crippen molar-refractivity contribution < 1.29 is 27.9 Å². The Hall–Kier alpha value is -1.31. The third kappa shape index (κ3) is 3.17. The number of hydrogen-bond acceptors (Lipinski definition) is 3. The molecule has 0 radical (unpaired) electrons. The van der Waals surface area contributed by atoms with E-state index < -0.39 is 36.4 Å². The Kier molecular flexibility index (Phi) is 4.78. The molecule has 1 unspecified atom stereocenters. The lowest BCUT2D eigenvalue weighted by atomic mass is 9.86. The molecule has 0 saturated carbocycles. The number of carbonyl (C=O) groups is 2. The minimum absolute atomic E-state index is 0.0708. The zero-order valence-corrected chi connectivity index (χ0v) is 10.6. The van der Waals surface area contributed by atoms with Crippen LogP contribution in [0, 0.1) is 5.41 Å². The van der Waals surface area contributed by atoms with Gasteiger partial charge in [0.25, 0.3) is 0 Å². The van der Waals surface area contributed by atoms with Gasteiger partial charge in [-0.2, -0.15) is 13.2 Å². The molecule has 2 N–H and O–H groups in total. The minimum atomic E-state index is -4.85. The fourth-order valence-corrected chi connectivity index (χ4v) is 2.08. The molecule has 0 aromatic rings. The zero-order valence-electron chi connectivity index (χ0n) is 10.6. The lowest BCUT2D eigenvalue weighted by molar-refractivity contribution is -0.227. The Morgan fingerprint density at radius 1 is 1.42 bits per heavy atom. The Morgan fingerprint density at radius 3 is 2.47 bits per heavy atom. The third-order valence-corrected chi connectivity index (χ3v) is 3.34. The van der Waals surface area contributed by atoms with Crippen LogP contribution in [0.3, 0.4) is 0 Å². The average molecular weight is 282 g/mol. The van der Waals surface area contributed by atoms with Crippen molar-refractivity contribution in [1.82, 2.24) is 10.2 Å². The van der Waals surface area contributed by atoms with Crippen molar-refractivity contribution in [2.75, 3.05) is 26.2 Å². The molecule has 110 valence electrons. The number of aliphatic carboxylic acids is 1. The van der Waals surface area contributed by atoms with Crippen LogP contribution in [0.1, 0.15) is 19.8 Å². The lowest BCUT2D eigenvalue weighted by Crippen LogP contribution is -2.47. The SMILES string of the molecule is CCNCCC(=O)N1CCC(C(=O)O)(C(F)(F)F)C1. The number of hydrogen-bond donors (Lipinski definition) is 2. The van der Waals surface area contributed by atoms with E-state index in [-0.39, 0.29) is 13.0 Å². The Labute approximate surface area is 108 Å². The van der Waals surface area contributed by atoms with Crippen molar-refractivity contribution in [1.29, 1.82) is 0 Å². The molecule has 0 aliphatic carbocycles. The molecule has 1 atom stereocenters. The highest BCUT2D eigenvalue weighted by atomic mass is 19.4. The van der Waals surface area contributed by atoms with Gasteiger partial charge in [-0.1, -0.05) is 6.92 Å². The van der Waals surface area contributed by atoms with E-state index in [4.69, 9.17) is 5.11 Å². The quantitative estimate of drug-likeness (QED) is 0.734. The molecular weight excluding hydrogens is 265 g/mol. The molecule has 8 heteroatoms. The molecule has 1 aliphatic heterocycles. The number of rotatable bonds is 5. The number of amides is 1. The predicted molar refractivity (Wildman–Crippen MR) is 60.5 cm³/mol. The summed E-state index contributed by atoms with van der Waals surface area (Å²) in [5.74, 6) is -2.37. The van der Waals surface area contributed by atoms with E-state index in [1.54, 1.807) is 0 Å². The van der Waals surface area contributed by atoms with Crippen LogP contribution in [0.4, 0.5) is 13.2 Å². The Morgan fingerprint density at radius 2 is 2.05 bits per heavy atom. The first kappa shape index (κ1) is 15.7. The summed E-state index contributed by atoms with van der Waals surface area (Å²) in [6, 6.07) is 0. The molecule has 19 heavy (non-hydrogen) atoms. The van der Waals surface area contributed by atoms with E-state index in [1.807, 2.05) is 6.92 Å². The number of alkyl halides is 3. The monoisotopic (exact) mass is 282 g/mol. The molecule has 0 aromatic heterocycles. The molecule has 1 aliphatic rings. The number of nitrogens with one attached hydrogen (secondary N) is 1. The second kappa shape index (κ2) is 5.77. The number of carbonyl (C=O) groups excluding carboxylic acids is 1. The van der Waals surface area contributed by atoms with Crippen molar-refractivity contribution in [2.24, 2.45) is 5.41 Å². The maximum absolute atomic E-state index is 12.9. The topological polar surface area (TPSA) is 69.6 Å². The van der Waals surface area contributed by atoms with Crippen molar-refractivity contribution >= 4 is 11.9 Å². The molecule has 1 rings (SSSR count). The van der Waals surface area contributed by atoms with E-state index in [0.717, 1.165) is 4.90 Å². The van der Waals surface area contributed by atoms with E-state index in [0.29, 0.717) is 13.1 Å². The molecule has 5 nitrogen and oxygen atoms in total. The van der Waals surface area contributed by atoms with Gasteiger partial charge in [0.2, 0.25) is 5.91 Å². The van der Waals surface area contributed by atoms with Gasteiger partial charge in [-0.25, -0.2) is 0 Å². The van der Waals surface area contributed by atoms with Crippen LogP contribution >= 0.6 is 0 Å². The molecular formula is C11H17F3N2O3. The van der Waals surface area contributed by atoms with E-state index in [9.17, 15) is 22.8 Å². The van der Waals surface area contributed by atoms with Crippen LogP contribution in [0.5, 0.6) is 0 Å². The van der Waals surface area contributed by atoms with Crippen LogP contribution in [0.15, 0.2) is 0 Å². The molecule has 0 bridgehead atoms. The second-order valence-electron chi connectivity index (χ2n) is 4.55. The number of carboxylic acid groups (broad SMARTS) is 1. The van der Waals surface area contributed by atoms with Gasteiger partial charge in [-0.15, -0.1) is 0 Å². The standard InChI is InChI=1S/C11H17F3N2O3/c1-2-15-5-3-8(17)16-6-4-10(7-16,9(18)19)11(12,13)14/h15H,2-7H2,1H3,(H,18,19). The normalized spacial score (nSPS) is 23.7. The van der Waals surface area contributed by atoms with Gasteiger partial charge in [0.05, 0.1) is 0 Å². The first-order valence-electron chi connectivity index (χ1n) is 6.03. The first-order valence-corrected chi connectivity index (χ1v) is 6.03. The highest BCUT2D eigenvalue weighted by Gasteiger charge is 2.64. The second-order valence-corrected chi connectivity index (χ2v) is 4.55. The smallest absolute Gasteiger partial charge is 0.406 e. The summed E-state index contributed by atoms with van der Waals surface area (Å²) >= 11 is 0. The highest BCUT2D eigenvalue weighted by molar-refractivity contribution is 5.81. The maximum atomic E-state index is 12.9. The number of halogens is 3. The fourth-order valence-electron chi connectivity index (χ4n) is 2.08. The lowest BCUT2D eigenvalue weighted by Gasteiger charge is -2.27. The van der Waals surface area contributed by atoms with E-state index >= 15 is 0 Å². The third-order valence-electron chi connectivity index (χ3n) is 3.34. The number of likely N-dealkylation sites (tertiary alicyclic amines) is 1. The molecule has 1 fully saturated rings. The van der Waals surface area contributed by atoms with Crippen LogP contribution in [-0.2, 0) is 9.59 Å². The summed E-state index contributed by atoms with van der Waals surface area (Å²) < 4.78 is 38.6. The molecule has 1 amide bonds. The Bertz CT molecular complexity index is 360. The van der Waals surface area contributed by atoms with Crippen LogP contribution in [0.25, 0.3) is 0 Å². The van der Waals surface area contributed by atoms with Gasteiger partial charge in [0.15, 0.2) is 5.41 Å². The summed E-state index contributed by atoms with van der Waals surface area (Å²) in [5.41, 5.74) is -2.82. The molecule has 0 aromatic carbocycles. The molecule has 1 heterocycles. The fraction of sp³-hybridized carbons (Fsp3) is 0.818. The summed E-state index contributed by atoms with van der Waals surface area (Å²) in [4.78, 5) is 23.6. The van der Waals surface area contributed by atoms with Crippen molar-refractivity contribution in [3.8, 4) is 0 Å². The minimum Gasteiger partial charge on any atom is -0.481 e. The average Bonchev–Trinajstić information content (AvgIpc) is 2.74. The summed E-state index contributed by atoms with van der Waals surface area (Å²) in [7, 11) is 0. The summed E-state index contributed by atoms with van der Waals surface area (Å²) in [5, 5.41) is 11.7. The number of carboxylic acids is 1. The summed E-state index contributed by atoms with van der Waals surface area (Å²) in [6.45, 7) is 1.92. The van der Waals surface area contributed by atoms with Crippen molar-refractivity contribution in [2.45, 2.75) is 25.9 Å². The first-order chi connectivity index (χ1) is 8.74. The van der Waals surface area contributed by atoms with Crippen LogP contribution in [0.2, 0.25) is 0 Å². The van der Waals surface area contributed by atoms with Gasteiger partial charge in [0.1, 0.15) is 0 Å². The van der Waals surface area contributed by atoms with Crippen LogP contribution in [-0.4, -0.2) is 54.2 Å². The van der Waals surface area contributed by atoms with Gasteiger partial charge in [-0.05, 0) is 13.0 Å². The molecule has 1 saturated heterocycles. The number of nitrogens with zero attached hydrogens (tertiary/aromatic N) is 1.